The molecule has 0 aliphatic carbocycles. The lowest BCUT2D eigenvalue weighted by molar-refractivity contribution is 0.645. The summed E-state index contributed by atoms with van der Waals surface area (Å²) in [6.07, 6.45) is 6.51. The van der Waals surface area contributed by atoms with Gasteiger partial charge in [-0.2, -0.15) is 0 Å². The summed E-state index contributed by atoms with van der Waals surface area (Å²) in [7, 11) is 0. The first-order chi connectivity index (χ1) is 7.74. The Morgan fingerprint density at radius 2 is 1.94 bits per heavy atom. The standard InChI is InChI=1S/C13H19BrClN/c1-2-3-4-5-6-9-16-13-10-11(15)7-8-12(13)14/h7-8,10,16H,2-6,9H2,1H3. The molecule has 1 N–H and O–H groups in total. The van der Waals surface area contributed by atoms with E-state index in [2.05, 4.69) is 28.2 Å². The summed E-state index contributed by atoms with van der Waals surface area (Å²) in [5.74, 6) is 0. The molecule has 0 saturated heterocycles. The van der Waals surface area contributed by atoms with Gasteiger partial charge in [0.1, 0.15) is 0 Å². The van der Waals surface area contributed by atoms with Gasteiger partial charge in [0.05, 0.1) is 0 Å². The summed E-state index contributed by atoms with van der Waals surface area (Å²) < 4.78 is 1.07. The zero-order valence-electron chi connectivity index (χ0n) is 9.73. The Morgan fingerprint density at radius 3 is 2.69 bits per heavy atom. The van der Waals surface area contributed by atoms with Crippen LogP contribution in [0.25, 0.3) is 0 Å². The number of hydrogen-bond acceptors (Lipinski definition) is 1. The Morgan fingerprint density at radius 1 is 1.19 bits per heavy atom. The molecule has 0 aliphatic rings. The molecular weight excluding hydrogens is 286 g/mol. The van der Waals surface area contributed by atoms with E-state index in [4.69, 9.17) is 11.6 Å². The number of unbranched alkanes of at least 4 members (excludes halogenated alkanes) is 4. The van der Waals surface area contributed by atoms with E-state index in [1.54, 1.807) is 0 Å². The zero-order valence-corrected chi connectivity index (χ0v) is 12.1. The third-order valence-electron chi connectivity index (χ3n) is 2.52. The molecule has 0 heterocycles. The molecule has 0 aromatic heterocycles. The van der Waals surface area contributed by atoms with Gasteiger partial charge in [-0.1, -0.05) is 44.2 Å². The normalized spacial score (nSPS) is 10.4. The highest BCUT2D eigenvalue weighted by molar-refractivity contribution is 9.10. The molecule has 0 saturated carbocycles. The number of hydrogen-bond donors (Lipinski definition) is 1. The minimum Gasteiger partial charge on any atom is -0.384 e. The molecule has 0 fully saturated rings. The second-order valence-corrected chi connectivity index (χ2v) is 5.26. The predicted molar refractivity (Wildman–Crippen MR) is 76.4 cm³/mol. The summed E-state index contributed by atoms with van der Waals surface area (Å²) >= 11 is 9.44. The van der Waals surface area contributed by atoms with Gasteiger partial charge in [0, 0.05) is 21.7 Å². The van der Waals surface area contributed by atoms with Crippen LogP contribution in [-0.2, 0) is 0 Å². The number of halogens is 2. The first-order valence-corrected chi connectivity index (χ1v) is 7.10. The fourth-order valence-electron chi connectivity index (χ4n) is 1.58. The van der Waals surface area contributed by atoms with Crippen molar-refractivity contribution >= 4 is 33.2 Å². The van der Waals surface area contributed by atoms with Crippen LogP contribution in [-0.4, -0.2) is 6.54 Å². The molecule has 0 amide bonds. The Labute approximate surface area is 112 Å². The highest BCUT2D eigenvalue weighted by Crippen LogP contribution is 2.25. The van der Waals surface area contributed by atoms with Crippen LogP contribution in [0.1, 0.15) is 39.0 Å². The molecule has 1 nitrogen and oxygen atoms in total. The van der Waals surface area contributed by atoms with E-state index >= 15 is 0 Å². The molecule has 90 valence electrons. The smallest absolute Gasteiger partial charge is 0.0499 e. The van der Waals surface area contributed by atoms with Gasteiger partial charge in [0.25, 0.3) is 0 Å². The first kappa shape index (κ1) is 13.9. The molecule has 1 rings (SSSR count). The zero-order chi connectivity index (χ0) is 11.8. The second-order valence-electron chi connectivity index (χ2n) is 3.97. The van der Waals surface area contributed by atoms with Crippen molar-refractivity contribution in [2.45, 2.75) is 39.0 Å². The van der Waals surface area contributed by atoms with Crippen molar-refractivity contribution in [3.8, 4) is 0 Å². The lowest BCUT2D eigenvalue weighted by atomic mass is 10.1. The minimum atomic E-state index is 0.775. The lowest BCUT2D eigenvalue weighted by Gasteiger charge is -2.08. The van der Waals surface area contributed by atoms with Crippen LogP contribution in [0.2, 0.25) is 5.02 Å². The van der Waals surface area contributed by atoms with Gasteiger partial charge in [-0.15, -0.1) is 0 Å². The highest BCUT2D eigenvalue weighted by atomic mass is 79.9. The van der Waals surface area contributed by atoms with Crippen LogP contribution in [0.3, 0.4) is 0 Å². The van der Waals surface area contributed by atoms with Crippen molar-refractivity contribution in [2.24, 2.45) is 0 Å². The van der Waals surface area contributed by atoms with Crippen molar-refractivity contribution in [1.29, 1.82) is 0 Å². The van der Waals surface area contributed by atoms with Crippen molar-refractivity contribution in [3.05, 3.63) is 27.7 Å². The van der Waals surface area contributed by atoms with Gasteiger partial charge in [-0.25, -0.2) is 0 Å². The van der Waals surface area contributed by atoms with Gasteiger partial charge < -0.3 is 5.32 Å². The van der Waals surface area contributed by atoms with Gasteiger partial charge in [0.15, 0.2) is 0 Å². The molecule has 0 bridgehead atoms. The van der Waals surface area contributed by atoms with Gasteiger partial charge in [-0.3, -0.25) is 0 Å². The average molecular weight is 305 g/mol. The topological polar surface area (TPSA) is 12.0 Å². The third kappa shape index (κ3) is 5.22. The Hall–Kier alpha value is -0.210. The van der Waals surface area contributed by atoms with Crippen LogP contribution in [0.15, 0.2) is 22.7 Å². The fourth-order valence-corrected chi connectivity index (χ4v) is 2.14. The number of benzene rings is 1. The monoisotopic (exact) mass is 303 g/mol. The van der Waals surface area contributed by atoms with E-state index in [1.807, 2.05) is 18.2 Å². The predicted octanol–water partition coefficient (Wildman–Crippen LogP) is 5.48. The molecule has 0 unspecified atom stereocenters. The Kier molecular flexibility index (Phi) is 6.90. The second kappa shape index (κ2) is 7.97. The van der Waals surface area contributed by atoms with Crippen LogP contribution in [0, 0.1) is 0 Å². The van der Waals surface area contributed by atoms with Crippen LogP contribution >= 0.6 is 27.5 Å². The molecular formula is C13H19BrClN. The molecule has 1 aromatic rings. The van der Waals surface area contributed by atoms with Crippen molar-refractivity contribution in [2.75, 3.05) is 11.9 Å². The molecule has 0 atom stereocenters. The van der Waals surface area contributed by atoms with Gasteiger partial charge in [0.2, 0.25) is 0 Å². The maximum atomic E-state index is 5.94. The molecule has 0 radical (unpaired) electrons. The lowest BCUT2D eigenvalue weighted by Crippen LogP contribution is -2.01. The Bertz CT molecular complexity index is 315. The van der Waals surface area contributed by atoms with E-state index in [1.165, 1.54) is 32.1 Å². The summed E-state index contributed by atoms with van der Waals surface area (Å²) in [6, 6.07) is 5.82. The van der Waals surface area contributed by atoms with Gasteiger partial charge >= 0.3 is 0 Å². The van der Waals surface area contributed by atoms with Crippen molar-refractivity contribution < 1.29 is 0 Å². The quantitative estimate of drug-likeness (QED) is 0.657. The van der Waals surface area contributed by atoms with E-state index in [-0.39, 0.29) is 0 Å². The SMILES string of the molecule is CCCCCCCNc1cc(Cl)ccc1Br. The van der Waals surface area contributed by atoms with Crippen LogP contribution in [0.5, 0.6) is 0 Å². The molecule has 16 heavy (non-hydrogen) atoms. The molecule has 0 spiro atoms. The number of nitrogens with one attached hydrogen (secondary N) is 1. The van der Waals surface area contributed by atoms with E-state index < -0.39 is 0 Å². The maximum absolute atomic E-state index is 5.94. The number of anilines is 1. The van der Waals surface area contributed by atoms with E-state index in [0.29, 0.717) is 0 Å². The molecule has 3 heteroatoms. The fraction of sp³-hybridized carbons (Fsp3) is 0.538. The summed E-state index contributed by atoms with van der Waals surface area (Å²) in [6.45, 7) is 3.25. The summed E-state index contributed by atoms with van der Waals surface area (Å²) in [5, 5.41) is 4.17. The minimum absolute atomic E-state index is 0.775. The third-order valence-corrected chi connectivity index (χ3v) is 3.45. The van der Waals surface area contributed by atoms with Crippen molar-refractivity contribution in [3.63, 3.8) is 0 Å². The maximum Gasteiger partial charge on any atom is 0.0499 e. The van der Waals surface area contributed by atoms with Crippen LogP contribution < -0.4 is 5.32 Å². The molecule has 0 aliphatic heterocycles. The van der Waals surface area contributed by atoms with E-state index in [0.717, 1.165) is 21.7 Å². The van der Waals surface area contributed by atoms with Crippen molar-refractivity contribution in [1.82, 2.24) is 0 Å². The largest absolute Gasteiger partial charge is 0.384 e. The van der Waals surface area contributed by atoms with Crippen LogP contribution in [0.4, 0.5) is 5.69 Å². The highest BCUT2D eigenvalue weighted by Gasteiger charge is 1.99. The summed E-state index contributed by atoms with van der Waals surface area (Å²) in [5.41, 5.74) is 1.09. The van der Waals surface area contributed by atoms with E-state index in [9.17, 15) is 0 Å². The molecule has 1 aromatic carbocycles. The average Bonchev–Trinajstić information content (AvgIpc) is 2.28. The summed E-state index contributed by atoms with van der Waals surface area (Å²) in [4.78, 5) is 0. The Balaban J connectivity index is 2.23. The van der Waals surface area contributed by atoms with Gasteiger partial charge in [-0.05, 0) is 40.5 Å². The first-order valence-electron chi connectivity index (χ1n) is 5.93. The number of rotatable bonds is 7.